The molecule has 0 aliphatic rings. The Kier molecular flexibility index (Phi) is 5.45. The van der Waals surface area contributed by atoms with Gasteiger partial charge in [0.1, 0.15) is 0 Å². The lowest BCUT2D eigenvalue weighted by atomic mass is 10.0. The molecule has 1 amide bonds. The maximum atomic E-state index is 11.9. The number of nitrogens with one attached hydrogen (secondary N) is 1. The minimum Gasteiger partial charge on any atom is -0.394 e. The zero-order chi connectivity index (χ0) is 12.8. The first-order valence-corrected chi connectivity index (χ1v) is 6.18. The number of hydrogen-bond donors (Lipinski definition) is 2. The largest absolute Gasteiger partial charge is 0.394 e. The molecule has 0 heterocycles. The second kappa shape index (κ2) is 6.62. The highest BCUT2D eigenvalue weighted by Crippen LogP contribution is 2.08. The van der Waals surface area contributed by atoms with Crippen LogP contribution in [0.4, 0.5) is 0 Å². The van der Waals surface area contributed by atoms with Crippen LogP contribution in [0.2, 0.25) is 0 Å². The Morgan fingerprint density at radius 2 is 1.94 bits per heavy atom. The number of rotatable bonds is 5. The molecule has 3 nitrogen and oxygen atoms in total. The van der Waals surface area contributed by atoms with Crippen LogP contribution in [0, 0.1) is 5.92 Å². The van der Waals surface area contributed by atoms with Crippen LogP contribution in [-0.2, 0) is 5.88 Å². The van der Waals surface area contributed by atoms with E-state index in [2.05, 4.69) is 5.32 Å². The van der Waals surface area contributed by atoms with Crippen LogP contribution in [0.15, 0.2) is 24.3 Å². The summed E-state index contributed by atoms with van der Waals surface area (Å²) >= 11 is 5.67. The third-order valence-corrected chi connectivity index (χ3v) is 3.00. The molecular formula is C13H18ClNO2. The van der Waals surface area contributed by atoms with Crippen molar-refractivity contribution in [1.82, 2.24) is 5.32 Å². The molecule has 94 valence electrons. The highest BCUT2D eigenvalue weighted by molar-refractivity contribution is 6.17. The third-order valence-electron chi connectivity index (χ3n) is 2.69. The van der Waals surface area contributed by atoms with Gasteiger partial charge >= 0.3 is 0 Å². The minimum atomic E-state index is -0.213. The molecule has 0 saturated heterocycles. The fraction of sp³-hybridized carbons (Fsp3) is 0.462. The van der Waals surface area contributed by atoms with E-state index in [4.69, 9.17) is 16.7 Å². The summed E-state index contributed by atoms with van der Waals surface area (Å²) in [7, 11) is 0. The van der Waals surface area contributed by atoms with Crippen molar-refractivity contribution < 1.29 is 9.90 Å². The van der Waals surface area contributed by atoms with Crippen LogP contribution in [0.3, 0.4) is 0 Å². The van der Waals surface area contributed by atoms with Gasteiger partial charge in [0.15, 0.2) is 0 Å². The lowest BCUT2D eigenvalue weighted by Crippen LogP contribution is -2.41. The van der Waals surface area contributed by atoms with Gasteiger partial charge in [0, 0.05) is 11.4 Å². The van der Waals surface area contributed by atoms with Crippen LogP contribution in [0.1, 0.15) is 29.8 Å². The SMILES string of the molecule is CC(C)[C@@H](CO)NC(=O)c1ccc(CCl)cc1. The van der Waals surface area contributed by atoms with E-state index in [1.165, 1.54) is 0 Å². The molecule has 17 heavy (non-hydrogen) atoms. The number of benzene rings is 1. The average Bonchev–Trinajstić information content (AvgIpc) is 2.35. The number of alkyl halides is 1. The quantitative estimate of drug-likeness (QED) is 0.793. The molecule has 0 aromatic heterocycles. The Bertz CT molecular complexity index is 362. The number of carbonyl (C=O) groups is 1. The fourth-order valence-corrected chi connectivity index (χ4v) is 1.60. The van der Waals surface area contributed by atoms with Crippen molar-refractivity contribution in [2.75, 3.05) is 6.61 Å². The smallest absolute Gasteiger partial charge is 0.251 e. The van der Waals surface area contributed by atoms with Crippen LogP contribution in [0.5, 0.6) is 0 Å². The third kappa shape index (κ3) is 4.02. The Balaban J connectivity index is 2.68. The highest BCUT2D eigenvalue weighted by Gasteiger charge is 2.15. The van der Waals surface area contributed by atoms with Crippen molar-refractivity contribution in [3.63, 3.8) is 0 Å². The van der Waals surface area contributed by atoms with Gasteiger partial charge in [-0.05, 0) is 23.6 Å². The number of aliphatic hydroxyl groups is 1. The average molecular weight is 256 g/mol. The first-order chi connectivity index (χ1) is 8.08. The van der Waals surface area contributed by atoms with Gasteiger partial charge < -0.3 is 10.4 Å². The van der Waals surface area contributed by atoms with Gasteiger partial charge in [-0.25, -0.2) is 0 Å². The summed E-state index contributed by atoms with van der Waals surface area (Å²) in [6.07, 6.45) is 0. The summed E-state index contributed by atoms with van der Waals surface area (Å²) in [6, 6.07) is 6.91. The molecule has 1 rings (SSSR count). The van der Waals surface area contributed by atoms with Crippen LogP contribution in [-0.4, -0.2) is 23.7 Å². The first kappa shape index (κ1) is 14.0. The van der Waals surface area contributed by atoms with Gasteiger partial charge in [0.05, 0.1) is 12.6 Å². The predicted molar refractivity (Wildman–Crippen MR) is 69.2 cm³/mol. The Morgan fingerprint density at radius 3 is 2.35 bits per heavy atom. The molecule has 4 heteroatoms. The molecule has 0 spiro atoms. The monoisotopic (exact) mass is 255 g/mol. The van der Waals surface area contributed by atoms with Crippen LogP contribution < -0.4 is 5.32 Å². The molecular weight excluding hydrogens is 238 g/mol. The lowest BCUT2D eigenvalue weighted by molar-refractivity contribution is 0.0897. The normalized spacial score (nSPS) is 12.5. The van der Waals surface area contributed by atoms with Gasteiger partial charge in [0.2, 0.25) is 0 Å². The molecule has 0 bridgehead atoms. The molecule has 1 atom stereocenters. The van der Waals surface area contributed by atoms with Gasteiger partial charge in [0.25, 0.3) is 5.91 Å². The summed E-state index contributed by atoms with van der Waals surface area (Å²) in [6.45, 7) is 3.86. The molecule has 0 saturated carbocycles. The van der Waals surface area contributed by atoms with Gasteiger partial charge in [-0.2, -0.15) is 0 Å². The Labute approximate surface area is 107 Å². The summed E-state index contributed by atoms with van der Waals surface area (Å²) < 4.78 is 0. The number of hydrogen-bond acceptors (Lipinski definition) is 2. The topological polar surface area (TPSA) is 49.3 Å². The van der Waals surface area contributed by atoms with Gasteiger partial charge in [-0.3, -0.25) is 4.79 Å². The number of aliphatic hydroxyl groups excluding tert-OH is 1. The standard InChI is InChI=1S/C13H18ClNO2/c1-9(2)12(8-16)15-13(17)11-5-3-10(7-14)4-6-11/h3-6,9,12,16H,7-8H2,1-2H3,(H,15,17)/t12-/m1/s1. The van der Waals surface area contributed by atoms with E-state index in [0.717, 1.165) is 5.56 Å². The fourth-order valence-electron chi connectivity index (χ4n) is 1.42. The second-order valence-electron chi connectivity index (χ2n) is 4.34. The van der Waals surface area contributed by atoms with E-state index < -0.39 is 0 Å². The van der Waals surface area contributed by atoms with E-state index in [1.54, 1.807) is 12.1 Å². The van der Waals surface area contributed by atoms with Gasteiger partial charge in [-0.15, -0.1) is 11.6 Å². The number of amides is 1. The Hall–Kier alpha value is -1.06. The number of carbonyl (C=O) groups excluding carboxylic acids is 1. The van der Waals surface area contributed by atoms with Crippen molar-refractivity contribution in [3.8, 4) is 0 Å². The van der Waals surface area contributed by atoms with Crippen molar-refractivity contribution in [3.05, 3.63) is 35.4 Å². The molecule has 0 aliphatic heterocycles. The molecule has 0 unspecified atom stereocenters. The molecule has 0 aliphatic carbocycles. The Morgan fingerprint density at radius 1 is 1.35 bits per heavy atom. The molecule has 0 radical (unpaired) electrons. The van der Waals surface area contributed by atoms with Crippen LogP contribution >= 0.6 is 11.6 Å². The molecule has 2 N–H and O–H groups in total. The maximum absolute atomic E-state index is 11.9. The maximum Gasteiger partial charge on any atom is 0.251 e. The zero-order valence-electron chi connectivity index (χ0n) is 10.1. The van der Waals surface area contributed by atoms with E-state index in [9.17, 15) is 4.79 Å². The summed E-state index contributed by atoms with van der Waals surface area (Å²) in [5.74, 6) is 0.470. The minimum absolute atomic E-state index is 0.0524. The summed E-state index contributed by atoms with van der Waals surface area (Å²) in [5, 5.41) is 11.9. The highest BCUT2D eigenvalue weighted by atomic mass is 35.5. The van der Waals surface area contributed by atoms with E-state index in [1.807, 2.05) is 26.0 Å². The summed E-state index contributed by atoms with van der Waals surface area (Å²) in [4.78, 5) is 11.9. The molecule has 0 fully saturated rings. The first-order valence-electron chi connectivity index (χ1n) is 5.65. The summed E-state index contributed by atoms with van der Waals surface area (Å²) in [5.41, 5.74) is 1.56. The van der Waals surface area contributed by atoms with Gasteiger partial charge in [-0.1, -0.05) is 26.0 Å². The van der Waals surface area contributed by atoms with Crippen molar-refractivity contribution in [2.24, 2.45) is 5.92 Å². The van der Waals surface area contributed by atoms with Crippen molar-refractivity contribution in [1.29, 1.82) is 0 Å². The molecule has 1 aromatic carbocycles. The van der Waals surface area contributed by atoms with E-state index >= 15 is 0 Å². The van der Waals surface area contributed by atoms with Crippen LogP contribution in [0.25, 0.3) is 0 Å². The second-order valence-corrected chi connectivity index (χ2v) is 4.60. The van der Waals surface area contributed by atoms with Crippen molar-refractivity contribution in [2.45, 2.75) is 25.8 Å². The van der Waals surface area contributed by atoms with Crippen molar-refractivity contribution >= 4 is 17.5 Å². The van der Waals surface area contributed by atoms with E-state index in [0.29, 0.717) is 11.4 Å². The number of halogens is 1. The van der Waals surface area contributed by atoms with E-state index in [-0.39, 0.29) is 24.5 Å². The zero-order valence-corrected chi connectivity index (χ0v) is 10.9. The lowest BCUT2D eigenvalue weighted by Gasteiger charge is -2.19. The predicted octanol–water partition coefficient (Wildman–Crippen LogP) is 2.17. The molecule has 1 aromatic rings.